The Morgan fingerprint density at radius 3 is 2.58 bits per heavy atom. The number of nitrogens with one attached hydrogen (secondary N) is 2. The molecule has 0 spiro atoms. The molecule has 0 radical (unpaired) electrons. The third-order valence-corrected chi connectivity index (χ3v) is 3.33. The van der Waals surface area contributed by atoms with Crippen LogP contribution in [0.4, 0.5) is 5.69 Å². The van der Waals surface area contributed by atoms with E-state index in [1.54, 1.807) is 25.9 Å². The molecule has 0 aliphatic heterocycles. The maximum Gasteiger partial charge on any atom is 0.195 e. The molecule has 2 aromatic rings. The molecule has 132 valence electrons. The number of aryl methyl sites for hydroxylation is 1. The molecule has 1 aromatic heterocycles. The number of aromatic nitrogens is 2. The maximum absolute atomic E-state index is 5.30. The highest BCUT2D eigenvalue weighted by Gasteiger charge is 2.06. The molecule has 0 amide bonds. The topological polar surface area (TPSA) is 72.7 Å². The summed E-state index contributed by atoms with van der Waals surface area (Å²) < 4.78 is 12.3. The van der Waals surface area contributed by atoms with Crippen LogP contribution in [-0.4, -0.2) is 43.6 Å². The Hall–Kier alpha value is -1.97. The lowest BCUT2D eigenvalue weighted by Crippen LogP contribution is -2.32. The fourth-order valence-corrected chi connectivity index (χ4v) is 2.16. The highest BCUT2D eigenvalue weighted by Crippen LogP contribution is 2.29. The van der Waals surface area contributed by atoms with E-state index in [1.807, 2.05) is 37.6 Å². The fraction of sp³-hybridized carbons (Fsp3) is 0.375. The predicted molar refractivity (Wildman–Crippen MR) is 107 cm³/mol. The van der Waals surface area contributed by atoms with Gasteiger partial charge in [0.25, 0.3) is 0 Å². The van der Waals surface area contributed by atoms with Gasteiger partial charge < -0.3 is 20.1 Å². The zero-order valence-corrected chi connectivity index (χ0v) is 16.7. The summed E-state index contributed by atoms with van der Waals surface area (Å²) in [5.74, 6) is 2.06. The Kier molecular flexibility index (Phi) is 8.37. The number of nitrogens with zero attached hydrogens (tertiary/aromatic N) is 3. The standard InChI is InChI=1S/C16H23N5O2.HI/c1-17-16(18-8-7-12-10-19-21(2)11-12)20-13-5-6-14(22-3)15(9-13)23-4;/h5-6,9-11H,7-8H2,1-4H3,(H2,17,18,20);1H. The van der Waals surface area contributed by atoms with E-state index in [0.717, 1.165) is 18.7 Å². The Balaban J connectivity index is 0.00000288. The van der Waals surface area contributed by atoms with Crippen LogP contribution in [0.3, 0.4) is 0 Å². The number of rotatable bonds is 6. The number of hydrogen-bond acceptors (Lipinski definition) is 4. The zero-order valence-electron chi connectivity index (χ0n) is 14.4. The van der Waals surface area contributed by atoms with Gasteiger partial charge in [-0.15, -0.1) is 24.0 Å². The van der Waals surface area contributed by atoms with Crippen molar-refractivity contribution < 1.29 is 9.47 Å². The van der Waals surface area contributed by atoms with Crippen molar-refractivity contribution in [3.8, 4) is 11.5 Å². The summed E-state index contributed by atoms with van der Waals surface area (Å²) in [6, 6.07) is 5.63. The van der Waals surface area contributed by atoms with E-state index < -0.39 is 0 Å². The molecular formula is C16H24IN5O2. The molecule has 2 N–H and O–H groups in total. The predicted octanol–water partition coefficient (Wildman–Crippen LogP) is 2.29. The monoisotopic (exact) mass is 445 g/mol. The largest absolute Gasteiger partial charge is 0.493 e. The summed E-state index contributed by atoms with van der Waals surface area (Å²) in [6.45, 7) is 0.763. The highest BCUT2D eigenvalue weighted by molar-refractivity contribution is 14.0. The van der Waals surface area contributed by atoms with E-state index in [4.69, 9.17) is 9.47 Å². The molecule has 0 aliphatic carbocycles. The summed E-state index contributed by atoms with van der Waals surface area (Å²) in [6.07, 6.45) is 4.75. The number of hydrogen-bond donors (Lipinski definition) is 2. The van der Waals surface area contributed by atoms with Gasteiger partial charge in [-0.3, -0.25) is 9.67 Å². The molecule has 1 heterocycles. The molecule has 0 saturated carbocycles. The lowest BCUT2D eigenvalue weighted by molar-refractivity contribution is 0.355. The van der Waals surface area contributed by atoms with Crippen molar-refractivity contribution >= 4 is 35.6 Å². The van der Waals surface area contributed by atoms with Crippen molar-refractivity contribution in [2.24, 2.45) is 12.0 Å². The van der Waals surface area contributed by atoms with Crippen LogP contribution in [0.5, 0.6) is 11.5 Å². The van der Waals surface area contributed by atoms with E-state index >= 15 is 0 Å². The summed E-state index contributed by atoms with van der Waals surface area (Å²) in [4.78, 5) is 4.22. The van der Waals surface area contributed by atoms with Crippen LogP contribution < -0.4 is 20.1 Å². The molecular weight excluding hydrogens is 421 g/mol. The van der Waals surface area contributed by atoms with Crippen molar-refractivity contribution in [1.29, 1.82) is 0 Å². The quantitative estimate of drug-likeness (QED) is 0.406. The Bertz CT molecular complexity index is 672. The van der Waals surface area contributed by atoms with Crippen molar-refractivity contribution in [3.05, 3.63) is 36.2 Å². The molecule has 0 unspecified atom stereocenters. The number of anilines is 1. The number of aliphatic imine (C=N–C) groups is 1. The van der Waals surface area contributed by atoms with Crippen LogP contribution >= 0.6 is 24.0 Å². The third kappa shape index (κ3) is 5.59. The first kappa shape index (κ1) is 20.1. The lowest BCUT2D eigenvalue weighted by Gasteiger charge is -2.13. The number of halogens is 1. The van der Waals surface area contributed by atoms with E-state index in [9.17, 15) is 0 Å². The second-order valence-corrected chi connectivity index (χ2v) is 4.97. The van der Waals surface area contributed by atoms with E-state index in [0.29, 0.717) is 17.5 Å². The smallest absolute Gasteiger partial charge is 0.195 e. The molecule has 8 heteroatoms. The number of ether oxygens (including phenoxy) is 2. The summed E-state index contributed by atoms with van der Waals surface area (Å²) >= 11 is 0. The minimum Gasteiger partial charge on any atom is -0.493 e. The van der Waals surface area contributed by atoms with Gasteiger partial charge in [0, 0.05) is 38.6 Å². The van der Waals surface area contributed by atoms with Crippen LogP contribution in [0, 0.1) is 0 Å². The Morgan fingerprint density at radius 2 is 2.00 bits per heavy atom. The lowest BCUT2D eigenvalue weighted by atomic mass is 10.2. The van der Waals surface area contributed by atoms with Gasteiger partial charge in [0.2, 0.25) is 0 Å². The molecule has 0 fully saturated rings. The van der Waals surface area contributed by atoms with Crippen molar-refractivity contribution in [2.45, 2.75) is 6.42 Å². The van der Waals surface area contributed by atoms with Crippen LogP contribution in [0.1, 0.15) is 5.56 Å². The molecule has 0 aliphatic rings. The zero-order chi connectivity index (χ0) is 16.7. The van der Waals surface area contributed by atoms with Crippen LogP contribution in [0.25, 0.3) is 0 Å². The molecule has 0 atom stereocenters. The number of methoxy groups -OCH3 is 2. The van der Waals surface area contributed by atoms with Crippen LogP contribution in [0.2, 0.25) is 0 Å². The van der Waals surface area contributed by atoms with Gasteiger partial charge in [0.1, 0.15) is 0 Å². The molecule has 2 rings (SSSR count). The summed E-state index contributed by atoms with van der Waals surface area (Å²) in [5.41, 5.74) is 2.05. The third-order valence-electron chi connectivity index (χ3n) is 3.33. The highest BCUT2D eigenvalue weighted by atomic mass is 127. The second-order valence-electron chi connectivity index (χ2n) is 4.97. The molecule has 7 nitrogen and oxygen atoms in total. The normalized spacial score (nSPS) is 10.8. The molecule has 0 bridgehead atoms. The van der Waals surface area contributed by atoms with Crippen molar-refractivity contribution in [2.75, 3.05) is 33.1 Å². The van der Waals surface area contributed by atoms with E-state index in [-0.39, 0.29) is 24.0 Å². The van der Waals surface area contributed by atoms with Crippen molar-refractivity contribution in [1.82, 2.24) is 15.1 Å². The minimum absolute atomic E-state index is 0. The summed E-state index contributed by atoms with van der Waals surface area (Å²) in [5, 5.41) is 10.7. The number of guanidine groups is 1. The maximum atomic E-state index is 5.30. The van der Waals surface area contributed by atoms with Gasteiger partial charge in [-0.25, -0.2) is 0 Å². The van der Waals surface area contributed by atoms with Crippen LogP contribution in [0.15, 0.2) is 35.6 Å². The van der Waals surface area contributed by atoms with Gasteiger partial charge in [-0.1, -0.05) is 0 Å². The first-order chi connectivity index (χ1) is 11.2. The van der Waals surface area contributed by atoms with Gasteiger partial charge in [-0.2, -0.15) is 5.10 Å². The van der Waals surface area contributed by atoms with Crippen molar-refractivity contribution in [3.63, 3.8) is 0 Å². The summed E-state index contributed by atoms with van der Waals surface area (Å²) in [7, 11) is 6.88. The minimum atomic E-state index is 0. The Labute approximate surface area is 159 Å². The Morgan fingerprint density at radius 1 is 1.25 bits per heavy atom. The average Bonchev–Trinajstić information content (AvgIpc) is 2.99. The van der Waals surface area contributed by atoms with Gasteiger partial charge in [0.15, 0.2) is 17.5 Å². The molecule has 24 heavy (non-hydrogen) atoms. The van der Waals surface area contributed by atoms with Crippen LogP contribution in [-0.2, 0) is 13.5 Å². The first-order valence-corrected chi connectivity index (χ1v) is 7.33. The average molecular weight is 445 g/mol. The second kappa shape index (κ2) is 10.0. The molecule has 0 saturated heterocycles. The van der Waals surface area contributed by atoms with E-state index in [2.05, 4.69) is 20.7 Å². The molecule has 1 aromatic carbocycles. The van der Waals surface area contributed by atoms with Gasteiger partial charge in [-0.05, 0) is 24.1 Å². The van der Waals surface area contributed by atoms with Gasteiger partial charge >= 0.3 is 0 Å². The first-order valence-electron chi connectivity index (χ1n) is 7.33. The van der Waals surface area contributed by atoms with E-state index in [1.165, 1.54) is 5.56 Å². The fourth-order valence-electron chi connectivity index (χ4n) is 2.16. The van der Waals surface area contributed by atoms with Gasteiger partial charge in [0.05, 0.1) is 20.4 Å². The number of benzene rings is 1. The SMILES string of the molecule is CN=C(NCCc1cnn(C)c1)Nc1ccc(OC)c(OC)c1.I.